The van der Waals surface area contributed by atoms with Crippen LogP contribution < -0.4 is 0 Å². The minimum absolute atomic E-state index is 0.172. The zero-order valence-electron chi connectivity index (χ0n) is 13.7. The molecular weight excluding hydrogens is 300 g/mol. The first-order valence-electron chi connectivity index (χ1n) is 7.82. The van der Waals surface area contributed by atoms with Crippen LogP contribution in [0, 0.1) is 18.8 Å². The molecule has 0 spiro atoms. The van der Waals surface area contributed by atoms with Crippen LogP contribution in [0.1, 0.15) is 45.6 Å². The Kier molecular flexibility index (Phi) is 5.00. The molecule has 2 rings (SSSR count). The van der Waals surface area contributed by atoms with Crippen molar-refractivity contribution in [3.8, 4) is 0 Å². The minimum Gasteiger partial charge on any atom is -0.390 e. The summed E-state index contributed by atoms with van der Waals surface area (Å²) in [6.45, 7) is 7.45. The Morgan fingerprint density at radius 1 is 1.18 bits per heavy atom. The van der Waals surface area contributed by atoms with Gasteiger partial charge in [-0.15, -0.1) is 0 Å². The third-order valence-corrected chi connectivity index (χ3v) is 5.87. The summed E-state index contributed by atoms with van der Waals surface area (Å²) < 4.78 is 30.5. The predicted octanol–water partition coefficient (Wildman–Crippen LogP) is 3.28. The number of benzene rings is 1. The van der Waals surface area contributed by atoms with Crippen LogP contribution >= 0.6 is 0 Å². The first-order chi connectivity index (χ1) is 10.1. The van der Waals surface area contributed by atoms with Crippen LogP contribution in [0.2, 0.25) is 0 Å². The standard InChI is InChI=1S/C17H26O4S/c1-12-5-8-14(9-6-12)22(19,20)21-16-11-13(2)7-10-15(16)17(3,4)18/h5-6,8-9,13,15-16,18H,7,10-11H2,1-4H3. The summed E-state index contributed by atoms with van der Waals surface area (Å²) >= 11 is 0. The summed E-state index contributed by atoms with van der Waals surface area (Å²) in [4.78, 5) is 0.172. The highest BCUT2D eigenvalue weighted by Gasteiger charge is 2.41. The molecule has 0 bridgehead atoms. The second kappa shape index (κ2) is 6.30. The Morgan fingerprint density at radius 3 is 2.32 bits per heavy atom. The van der Waals surface area contributed by atoms with Gasteiger partial charge in [-0.05, 0) is 51.7 Å². The van der Waals surface area contributed by atoms with Gasteiger partial charge in [0.25, 0.3) is 10.1 Å². The number of aryl methyl sites for hydroxylation is 1. The first-order valence-corrected chi connectivity index (χ1v) is 9.23. The number of hydrogen-bond acceptors (Lipinski definition) is 4. The van der Waals surface area contributed by atoms with Crippen molar-refractivity contribution in [1.82, 2.24) is 0 Å². The maximum atomic E-state index is 12.5. The van der Waals surface area contributed by atoms with E-state index in [4.69, 9.17) is 4.18 Å². The van der Waals surface area contributed by atoms with E-state index in [1.807, 2.05) is 6.92 Å². The van der Waals surface area contributed by atoms with Crippen molar-refractivity contribution < 1.29 is 17.7 Å². The van der Waals surface area contributed by atoms with Gasteiger partial charge >= 0.3 is 0 Å². The molecule has 0 amide bonds. The summed E-state index contributed by atoms with van der Waals surface area (Å²) in [6, 6.07) is 6.65. The average Bonchev–Trinajstić information content (AvgIpc) is 2.37. The highest BCUT2D eigenvalue weighted by atomic mass is 32.2. The third-order valence-electron chi connectivity index (χ3n) is 4.52. The van der Waals surface area contributed by atoms with Crippen LogP contribution in [0.4, 0.5) is 0 Å². The molecule has 3 unspecified atom stereocenters. The summed E-state index contributed by atoms with van der Waals surface area (Å²) in [5, 5.41) is 10.3. The second-order valence-electron chi connectivity index (χ2n) is 7.08. The molecule has 0 radical (unpaired) electrons. The highest BCUT2D eigenvalue weighted by Crippen LogP contribution is 2.38. The largest absolute Gasteiger partial charge is 0.390 e. The quantitative estimate of drug-likeness (QED) is 0.863. The topological polar surface area (TPSA) is 63.6 Å². The number of rotatable bonds is 4. The maximum absolute atomic E-state index is 12.5. The molecule has 0 aromatic heterocycles. The lowest BCUT2D eigenvalue weighted by atomic mass is 9.73. The molecule has 1 aromatic carbocycles. The molecule has 0 heterocycles. The minimum atomic E-state index is -3.80. The van der Waals surface area contributed by atoms with Crippen molar-refractivity contribution in [2.75, 3.05) is 0 Å². The van der Waals surface area contributed by atoms with Gasteiger partial charge in [0.2, 0.25) is 0 Å². The van der Waals surface area contributed by atoms with Crippen molar-refractivity contribution in [2.24, 2.45) is 11.8 Å². The van der Waals surface area contributed by atoms with E-state index in [9.17, 15) is 13.5 Å². The van der Waals surface area contributed by atoms with Crippen LogP contribution in [0.25, 0.3) is 0 Å². The fraction of sp³-hybridized carbons (Fsp3) is 0.647. The maximum Gasteiger partial charge on any atom is 0.297 e. The van der Waals surface area contributed by atoms with E-state index >= 15 is 0 Å². The van der Waals surface area contributed by atoms with Gasteiger partial charge in [0.1, 0.15) is 0 Å². The van der Waals surface area contributed by atoms with Crippen LogP contribution in [0.5, 0.6) is 0 Å². The van der Waals surface area contributed by atoms with Crippen molar-refractivity contribution in [2.45, 2.75) is 63.6 Å². The number of aliphatic hydroxyl groups is 1. The average molecular weight is 326 g/mol. The van der Waals surface area contributed by atoms with Gasteiger partial charge in [-0.1, -0.05) is 31.0 Å². The zero-order chi connectivity index (χ0) is 16.5. The summed E-state index contributed by atoms with van der Waals surface area (Å²) in [5.74, 6) is 0.223. The summed E-state index contributed by atoms with van der Waals surface area (Å²) in [7, 11) is -3.80. The molecule has 4 nitrogen and oxygen atoms in total. The van der Waals surface area contributed by atoms with Gasteiger partial charge in [0.05, 0.1) is 16.6 Å². The monoisotopic (exact) mass is 326 g/mol. The lowest BCUT2D eigenvalue weighted by Gasteiger charge is -2.40. The molecule has 22 heavy (non-hydrogen) atoms. The van der Waals surface area contributed by atoms with E-state index in [-0.39, 0.29) is 10.8 Å². The van der Waals surface area contributed by atoms with Gasteiger partial charge in [-0.3, -0.25) is 4.18 Å². The molecule has 1 N–H and O–H groups in total. The van der Waals surface area contributed by atoms with Gasteiger partial charge in [-0.25, -0.2) is 0 Å². The Hall–Kier alpha value is -0.910. The molecular formula is C17H26O4S. The fourth-order valence-corrected chi connectivity index (χ4v) is 4.29. The fourth-order valence-electron chi connectivity index (χ4n) is 3.17. The van der Waals surface area contributed by atoms with E-state index in [1.165, 1.54) is 0 Å². The van der Waals surface area contributed by atoms with E-state index in [0.717, 1.165) is 18.4 Å². The van der Waals surface area contributed by atoms with Crippen LogP contribution in [0.3, 0.4) is 0 Å². The third kappa shape index (κ3) is 4.09. The van der Waals surface area contributed by atoms with E-state index < -0.39 is 21.8 Å². The summed E-state index contributed by atoms with van der Waals surface area (Å²) in [5.41, 5.74) is 0.0488. The van der Waals surface area contributed by atoms with Crippen molar-refractivity contribution in [3.05, 3.63) is 29.8 Å². The first kappa shape index (κ1) is 17.4. The zero-order valence-corrected chi connectivity index (χ0v) is 14.6. The molecule has 1 saturated carbocycles. The molecule has 1 aliphatic carbocycles. The molecule has 1 fully saturated rings. The Bertz CT molecular complexity index is 599. The normalized spacial score (nSPS) is 26.9. The van der Waals surface area contributed by atoms with Crippen molar-refractivity contribution in [3.63, 3.8) is 0 Å². The van der Waals surface area contributed by atoms with Crippen LogP contribution in [-0.4, -0.2) is 25.2 Å². The molecule has 0 aliphatic heterocycles. The molecule has 1 aromatic rings. The Morgan fingerprint density at radius 2 is 1.77 bits per heavy atom. The van der Waals surface area contributed by atoms with Gasteiger partial charge < -0.3 is 5.11 Å². The van der Waals surface area contributed by atoms with Crippen LogP contribution in [-0.2, 0) is 14.3 Å². The van der Waals surface area contributed by atoms with E-state index in [0.29, 0.717) is 12.3 Å². The highest BCUT2D eigenvalue weighted by molar-refractivity contribution is 7.86. The van der Waals surface area contributed by atoms with Gasteiger partial charge in [0.15, 0.2) is 0 Å². The second-order valence-corrected chi connectivity index (χ2v) is 8.65. The predicted molar refractivity (Wildman–Crippen MR) is 86.0 cm³/mol. The molecule has 0 saturated heterocycles. The Labute approximate surface area is 133 Å². The van der Waals surface area contributed by atoms with Crippen molar-refractivity contribution >= 4 is 10.1 Å². The van der Waals surface area contributed by atoms with Crippen LogP contribution in [0.15, 0.2) is 29.2 Å². The Balaban J connectivity index is 2.23. The molecule has 5 heteroatoms. The van der Waals surface area contributed by atoms with E-state index in [2.05, 4.69) is 6.92 Å². The molecule has 1 aliphatic rings. The van der Waals surface area contributed by atoms with Gasteiger partial charge in [0, 0.05) is 5.92 Å². The lowest BCUT2D eigenvalue weighted by molar-refractivity contribution is -0.0614. The van der Waals surface area contributed by atoms with Gasteiger partial charge in [-0.2, -0.15) is 8.42 Å². The molecule has 3 atom stereocenters. The SMILES string of the molecule is Cc1ccc(S(=O)(=O)OC2CC(C)CCC2C(C)(C)O)cc1. The van der Waals surface area contributed by atoms with E-state index in [1.54, 1.807) is 38.1 Å². The number of hydrogen-bond donors (Lipinski definition) is 1. The summed E-state index contributed by atoms with van der Waals surface area (Å²) in [6.07, 6.45) is 1.94. The lowest BCUT2D eigenvalue weighted by Crippen LogP contribution is -2.44. The smallest absolute Gasteiger partial charge is 0.297 e. The van der Waals surface area contributed by atoms with Crippen molar-refractivity contribution in [1.29, 1.82) is 0 Å². The molecule has 124 valence electrons.